The minimum atomic E-state index is -0.897. The van der Waals surface area contributed by atoms with Gasteiger partial charge in [-0.3, -0.25) is 14.4 Å². The fourth-order valence-corrected chi connectivity index (χ4v) is 3.08. The summed E-state index contributed by atoms with van der Waals surface area (Å²) in [4.78, 5) is 34.9. The van der Waals surface area contributed by atoms with E-state index in [1.54, 1.807) is 0 Å². The topological polar surface area (TPSA) is 95.5 Å². The highest BCUT2D eigenvalue weighted by Gasteiger charge is 2.32. The Morgan fingerprint density at radius 1 is 1.18 bits per heavy atom. The lowest BCUT2D eigenvalue weighted by Gasteiger charge is -2.24. The van der Waals surface area contributed by atoms with Crippen LogP contribution in [0.2, 0.25) is 0 Å². The first-order valence-corrected chi connectivity index (χ1v) is 8.08. The number of nitrogens with one attached hydrogen (secondary N) is 2. The van der Waals surface area contributed by atoms with E-state index in [0.717, 1.165) is 25.7 Å². The van der Waals surface area contributed by atoms with Gasteiger partial charge in [0.05, 0.1) is 5.92 Å². The zero-order valence-electron chi connectivity index (χ0n) is 13.7. The molecule has 22 heavy (non-hydrogen) atoms. The van der Waals surface area contributed by atoms with Crippen molar-refractivity contribution in [3.8, 4) is 0 Å². The van der Waals surface area contributed by atoms with Gasteiger partial charge in [0.25, 0.3) is 0 Å². The highest BCUT2D eigenvalue weighted by Crippen LogP contribution is 2.28. The number of rotatable bonds is 8. The minimum Gasteiger partial charge on any atom is -0.481 e. The molecule has 0 radical (unpaired) electrons. The molecule has 6 nitrogen and oxygen atoms in total. The Kier molecular flexibility index (Phi) is 7.35. The lowest BCUT2D eigenvalue weighted by Crippen LogP contribution is -2.51. The highest BCUT2D eigenvalue weighted by atomic mass is 16.4. The average molecular weight is 312 g/mol. The molecular formula is C16H28N2O4. The van der Waals surface area contributed by atoms with Crippen LogP contribution in [0.4, 0.5) is 0 Å². The molecule has 2 atom stereocenters. The smallest absolute Gasteiger partial charge is 0.308 e. The number of hydrogen-bond acceptors (Lipinski definition) is 3. The number of hydrogen-bond donors (Lipinski definition) is 3. The van der Waals surface area contributed by atoms with Crippen LogP contribution in [0.15, 0.2) is 0 Å². The SMILES string of the molecule is CC(=O)NC(C(=O)NCC(CC(C)C)C(=O)O)C1CCCC1. The number of aliphatic carboxylic acids is 1. The van der Waals surface area contributed by atoms with Gasteiger partial charge in [0.1, 0.15) is 6.04 Å². The molecule has 0 aromatic rings. The number of amides is 2. The lowest BCUT2D eigenvalue weighted by atomic mass is 9.95. The van der Waals surface area contributed by atoms with Crippen LogP contribution < -0.4 is 10.6 Å². The third kappa shape index (κ3) is 6.03. The summed E-state index contributed by atoms with van der Waals surface area (Å²) < 4.78 is 0. The summed E-state index contributed by atoms with van der Waals surface area (Å²) in [7, 11) is 0. The summed E-state index contributed by atoms with van der Waals surface area (Å²) in [5.74, 6) is -1.59. The van der Waals surface area contributed by atoms with Gasteiger partial charge >= 0.3 is 5.97 Å². The van der Waals surface area contributed by atoms with Crippen molar-refractivity contribution in [1.82, 2.24) is 10.6 Å². The van der Waals surface area contributed by atoms with Crippen LogP contribution in [-0.4, -0.2) is 35.5 Å². The molecule has 0 saturated heterocycles. The van der Waals surface area contributed by atoms with Crippen LogP contribution in [0, 0.1) is 17.8 Å². The maximum Gasteiger partial charge on any atom is 0.308 e. The van der Waals surface area contributed by atoms with Gasteiger partial charge < -0.3 is 15.7 Å². The fourth-order valence-electron chi connectivity index (χ4n) is 3.08. The van der Waals surface area contributed by atoms with Gasteiger partial charge in [-0.15, -0.1) is 0 Å². The standard InChI is InChI=1S/C16H28N2O4/c1-10(2)8-13(16(21)22)9-17-15(20)14(18-11(3)19)12-6-4-5-7-12/h10,12-14H,4-9H2,1-3H3,(H,17,20)(H,18,19)(H,21,22). The number of carboxylic acids is 1. The Morgan fingerprint density at radius 2 is 1.77 bits per heavy atom. The molecule has 6 heteroatoms. The highest BCUT2D eigenvalue weighted by molar-refractivity contribution is 5.87. The van der Waals surface area contributed by atoms with Crippen LogP contribution in [0.1, 0.15) is 52.9 Å². The number of carboxylic acid groups (broad SMARTS) is 1. The van der Waals surface area contributed by atoms with Gasteiger partial charge in [-0.1, -0.05) is 26.7 Å². The Balaban J connectivity index is 2.61. The van der Waals surface area contributed by atoms with Gasteiger partial charge in [0.15, 0.2) is 0 Å². The van der Waals surface area contributed by atoms with E-state index >= 15 is 0 Å². The van der Waals surface area contributed by atoms with Gasteiger partial charge in [0.2, 0.25) is 11.8 Å². The molecule has 1 saturated carbocycles. The van der Waals surface area contributed by atoms with Crippen LogP contribution in [0.25, 0.3) is 0 Å². The van der Waals surface area contributed by atoms with E-state index in [2.05, 4.69) is 10.6 Å². The maximum atomic E-state index is 12.4. The van der Waals surface area contributed by atoms with E-state index in [-0.39, 0.29) is 30.2 Å². The van der Waals surface area contributed by atoms with E-state index in [1.807, 2.05) is 13.8 Å². The predicted octanol–water partition coefficient (Wildman–Crippen LogP) is 1.54. The molecule has 0 heterocycles. The van der Waals surface area contributed by atoms with Gasteiger partial charge in [-0.25, -0.2) is 0 Å². The summed E-state index contributed by atoms with van der Waals surface area (Å²) in [5, 5.41) is 14.6. The first kappa shape index (κ1) is 18.5. The van der Waals surface area contributed by atoms with Crippen molar-refractivity contribution >= 4 is 17.8 Å². The third-order valence-electron chi connectivity index (χ3n) is 4.14. The summed E-state index contributed by atoms with van der Waals surface area (Å²) >= 11 is 0. The molecule has 0 bridgehead atoms. The van der Waals surface area contributed by atoms with Gasteiger partial charge in [-0.2, -0.15) is 0 Å². The Bertz CT molecular complexity index is 403. The van der Waals surface area contributed by atoms with Crippen LogP contribution in [0.5, 0.6) is 0 Å². The zero-order chi connectivity index (χ0) is 16.7. The van der Waals surface area contributed by atoms with E-state index in [9.17, 15) is 19.5 Å². The molecule has 0 aromatic carbocycles. The molecule has 1 fully saturated rings. The normalized spacial score (nSPS) is 18.0. The van der Waals surface area contributed by atoms with Crippen molar-refractivity contribution in [2.45, 2.75) is 58.9 Å². The summed E-state index contributed by atoms with van der Waals surface area (Å²) in [6, 6.07) is -0.548. The molecule has 2 amide bonds. The molecule has 2 unspecified atom stereocenters. The molecule has 0 aliphatic heterocycles. The van der Waals surface area contributed by atoms with Crippen molar-refractivity contribution in [3.63, 3.8) is 0 Å². The van der Waals surface area contributed by atoms with Crippen molar-refractivity contribution in [3.05, 3.63) is 0 Å². The molecule has 3 N–H and O–H groups in total. The maximum absolute atomic E-state index is 12.4. The zero-order valence-corrected chi connectivity index (χ0v) is 13.7. The average Bonchev–Trinajstić information content (AvgIpc) is 2.93. The Labute approximate surface area is 132 Å². The van der Waals surface area contributed by atoms with Crippen molar-refractivity contribution < 1.29 is 19.5 Å². The first-order chi connectivity index (χ1) is 10.3. The summed E-state index contributed by atoms with van der Waals surface area (Å²) in [5.41, 5.74) is 0. The van der Waals surface area contributed by atoms with Crippen molar-refractivity contribution in [2.24, 2.45) is 17.8 Å². The van der Waals surface area contributed by atoms with Crippen LogP contribution in [-0.2, 0) is 14.4 Å². The van der Waals surface area contributed by atoms with Gasteiger partial charge in [-0.05, 0) is 31.1 Å². The molecule has 1 rings (SSSR count). The van der Waals surface area contributed by atoms with Crippen LogP contribution >= 0.6 is 0 Å². The quantitative estimate of drug-likeness (QED) is 0.633. The number of carbonyl (C=O) groups is 3. The molecule has 126 valence electrons. The minimum absolute atomic E-state index is 0.106. The second-order valence-electron chi connectivity index (χ2n) is 6.63. The van der Waals surface area contributed by atoms with E-state index in [4.69, 9.17) is 0 Å². The molecular weight excluding hydrogens is 284 g/mol. The van der Waals surface area contributed by atoms with E-state index in [1.165, 1.54) is 6.92 Å². The molecule has 0 aromatic heterocycles. The van der Waals surface area contributed by atoms with Crippen LogP contribution in [0.3, 0.4) is 0 Å². The first-order valence-electron chi connectivity index (χ1n) is 8.08. The lowest BCUT2D eigenvalue weighted by molar-refractivity contribution is -0.142. The third-order valence-corrected chi connectivity index (χ3v) is 4.14. The Morgan fingerprint density at radius 3 is 2.23 bits per heavy atom. The molecule has 0 spiro atoms. The van der Waals surface area contributed by atoms with Gasteiger partial charge in [0, 0.05) is 13.5 Å². The fraction of sp³-hybridized carbons (Fsp3) is 0.812. The van der Waals surface area contributed by atoms with Crippen molar-refractivity contribution in [2.75, 3.05) is 6.54 Å². The summed E-state index contributed by atoms with van der Waals surface area (Å²) in [6.45, 7) is 5.41. The van der Waals surface area contributed by atoms with E-state index < -0.39 is 17.9 Å². The second-order valence-corrected chi connectivity index (χ2v) is 6.63. The summed E-state index contributed by atoms with van der Waals surface area (Å²) in [6.07, 6.45) is 4.50. The Hall–Kier alpha value is -1.59. The van der Waals surface area contributed by atoms with E-state index in [0.29, 0.717) is 6.42 Å². The largest absolute Gasteiger partial charge is 0.481 e. The second kappa shape index (κ2) is 8.76. The van der Waals surface area contributed by atoms with Crippen molar-refractivity contribution in [1.29, 1.82) is 0 Å². The number of carbonyl (C=O) groups excluding carboxylic acids is 2. The monoisotopic (exact) mass is 312 g/mol. The molecule has 1 aliphatic rings. The predicted molar refractivity (Wildman–Crippen MR) is 83.2 cm³/mol. The molecule has 1 aliphatic carbocycles.